The van der Waals surface area contributed by atoms with Gasteiger partial charge in [-0.2, -0.15) is 8.42 Å². The van der Waals surface area contributed by atoms with Gasteiger partial charge in [0.15, 0.2) is 6.29 Å². The molecule has 0 aromatic carbocycles. The van der Waals surface area contributed by atoms with Crippen molar-refractivity contribution in [2.75, 3.05) is 26.4 Å². The number of esters is 1. The van der Waals surface area contributed by atoms with Gasteiger partial charge in [-0.15, -0.1) is 0 Å². The normalized spacial score (nSPS) is 23.1. The minimum atomic E-state index is -5.04. The number of carbonyl (C=O) groups excluding carboxylic acids is 1. The summed E-state index contributed by atoms with van der Waals surface area (Å²) in [5.41, 5.74) is 0. The van der Waals surface area contributed by atoms with Crippen molar-refractivity contribution in [3.63, 3.8) is 0 Å². The van der Waals surface area contributed by atoms with E-state index in [4.69, 9.17) is 23.5 Å². The second-order valence-corrected chi connectivity index (χ2v) is 12.8. The molecule has 0 aromatic rings. The quantitative estimate of drug-likeness (QED) is 0.0523. The van der Waals surface area contributed by atoms with E-state index in [0.29, 0.717) is 13.0 Å². The van der Waals surface area contributed by atoms with Gasteiger partial charge in [0.25, 0.3) is 0 Å². The molecule has 262 valence electrons. The highest BCUT2D eigenvalue weighted by Gasteiger charge is 2.48. The van der Waals surface area contributed by atoms with Crippen LogP contribution in [0.1, 0.15) is 129 Å². The van der Waals surface area contributed by atoms with Gasteiger partial charge in [0.1, 0.15) is 30.5 Å². The summed E-state index contributed by atoms with van der Waals surface area (Å²) in [5, 5.41) is 30.2. The molecule has 1 heterocycles. The van der Waals surface area contributed by atoms with Crippen LogP contribution in [-0.4, -0.2) is 97.5 Å². The molecule has 13 heteroatoms. The zero-order valence-electron chi connectivity index (χ0n) is 27.0. The number of hydrogen-bond acceptors (Lipinski definition) is 11. The van der Waals surface area contributed by atoms with Gasteiger partial charge in [0.05, 0.1) is 19.8 Å². The third-order valence-corrected chi connectivity index (χ3v) is 8.19. The predicted molar refractivity (Wildman–Crippen MR) is 165 cm³/mol. The van der Waals surface area contributed by atoms with Crippen LogP contribution in [0.4, 0.5) is 0 Å². The molecule has 1 fully saturated rings. The van der Waals surface area contributed by atoms with Gasteiger partial charge in [0, 0.05) is 13.0 Å². The molecule has 1 rings (SSSR count). The lowest BCUT2D eigenvalue weighted by atomic mass is 9.99. The fourth-order valence-corrected chi connectivity index (χ4v) is 5.65. The van der Waals surface area contributed by atoms with Crippen molar-refractivity contribution < 1.29 is 56.2 Å². The van der Waals surface area contributed by atoms with E-state index in [9.17, 15) is 28.5 Å². The van der Waals surface area contributed by atoms with Gasteiger partial charge in [-0.25, -0.2) is 4.18 Å². The fraction of sp³-hybridized carbons (Fsp3) is 0.968. The fourth-order valence-electron chi connectivity index (χ4n) is 5.14. The van der Waals surface area contributed by atoms with Gasteiger partial charge < -0.3 is 34.3 Å². The second kappa shape index (κ2) is 25.2. The average Bonchev–Trinajstić information content (AvgIpc) is 2.98. The Hall–Kier alpha value is -0.900. The average molecular weight is 657 g/mol. The molecule has 1 aliphatic heterocycles. The number of ether oxygens (including phenoxy) is 4. The maximum Gasteiger partial charge on any atom is 0.397 e. The lowest BCUT2D eigenvalue weighted by molar-refractivity contribution is -0.301. The molecule has 6 atom stereocenters. The molecule has 1 aliphatic rings. The zero-order valence-corrected chi connectivity index (χ0v) is 27.8. The molecule has 4 N–H and O–H groups in total. The maximum absolute atomic E-state index is 12.4. The molecule has 44 heavy (non-hydrogen) atoms. The van der Waals surface area contributed by atoms with E-state index < -0.39 is 59.8 Å². The Morgan fingerprint density at radius 3 is 1.82 bits per heavy atom. The van der Waals surface area contributed by atoms with Crippen molar-refractivity contribution in [3.8, 4) is 0 Å². The van der Waals surface area contributed by atoms with Crippen LogP contribution >= 0.6 is 0 Å². The van der Waals surface area contributed by atoms with Crippen molar-refractivity contribution in [1.29, 1.82) is 0 Å². The first-order chi connectivity index (χ1) is 21.1. The summed E-state index contributed by atoms with van der Waals surface area (Å²) in [6.45, 7) is 3.78. The summed E-state index contributed by atoms with van der Waals surface area (Å²) in [5.74, 6) is -0.423. The third kappa shape index (κ3) is 19.6. The number of aliphatic hydroxyl groups excluding tert-OH is 3. The molecule has 0 radical (unpaired) electrons. The number of unbranched alkanes of at least 4 members (excludes halogenated alkanes) is 15. The number of carbonyl (C=O) groups is 1. The monoisotopic (exact) mass is 656 g/mol. The number of rotatable bonds is 28. The van der Waals surface area contributed by atoms with Gasteiger partial charge in [-0.1, -0.05) is 110 Å². The highest BCUT2D eigenvalue weighted by molar-refractivity contribution is 7.80. The molecule has 0 amide bonds. The highest BCUT2D eigenvalue weighted by Crippen LogP contribution is 2.26. The van der Waals surface area contributed by atoms with Crippen LogP contribution in [0.5, 0.6) is 0 Å². The summed E-state index contributed by atoms with van der Waals surface area (Å²) < 4.78 is 58.1. The maximum atomic E-state index is 12.4. The van der Waals surface area contributed by atoms with Crippen molar-refractivity contribution in [2.45, 2.75) is 166 Å². The summed E-state index contributed by atoms with van der Waals surface area (Å²) in [4.78, 5) is 12.4. The van der Waals surface area contributed by atoms with Gasteiger partial charge >= 0.3 is 16.4 Å². The molecule has 12 nitrogen and oxygen atoms in total. The lowest BCUT2D eigenvalue weighted by Gasteiger charge is -2.41. The molecule has 1 saturated heterocycles. The molecule has 0 bridgehead atoms. The minimum Gasteiger partial charge on any atom is -0.457 e. The van der Waals surface area contributed by atoms with Crippen LogP contribution in [0.3, 0.4) is 0 Å². The molecule has 6 unspecified atom stereocenters. The smallest absolute Gasteiger partial charge is 0.397 e. The molecular formula is C31H60O12S. The standard InChI is InChI=1S/C31H60O12S/c1-3-5-7-8-9-10-11-12-13-14-15-16-17-19-21-39-23-25(41-27(33)20-18-6-4-2)24-40-31-29(35)30(43-44(36,37)38)28(34)26(22-32)42-31/h25-26,28-32,34-35H,3-24H2,1-2H3,(H,36,37,38). The van der Waals surface area contributed by atoms with Crippen LogP contribution in [0.25, 0.3) is 0 Å². The lowest BCUT2D eigenvalue weighted by Crippen LogP contribution is -2.60. The first-order valence-corrected chi connectivity index (χ1v) is 18.2. The predicted octanol–water partition coefficient (Wildman–Crippen LogP) is 4.62. The molecule has 0 spiro atoms. The van der Waals surface area contributed by atoms with Crippen molar-refractivity contribution >= 4 is 16.4 Å². The van der Waals surface area contributed by atoms with Gasteiger partial charge in [0.2, 0.25) is 0 Å². The van der Waals surface area contributed by atoms with Crippen LogP contribution in [0.15, 0.2) is 0 Å². The zero-order chi connectivity index (χ0) is 32.6. The Balaban J connectivity index is 2.42. The Bertz CT molecular complexity index is 811. The van der Waals surface area contributed by atoms with Crippen LogP contribution < -0.4 is 0 Å². The Morgan fingerprint density at radius 1 is 0.773 bits per heavy atom. The summed E-state index contributed by atoms with van der Waals surface area (Å²) >= 11 is 0. The summed E-state index contributed by atoms with van der Waals surface area (Å²) in [6, 6.07) is 0. The van der Waals surface area contributed by atoms with Crippen LogP contribution in [0.2, 0.25) is 0 Å². The van der Waals surface area contributed by atoms with Crippen molar-refractivity contribution in [3.05, 3.63) is 0 Å². The van der Waals surface area contributed by atoms with Gasteiger partial charge in [-0.3, -0.25) is 9.35 Å². The number of hydrogen-bond donors (Lipinski definition) is 4. The topological polar surface area (TPSA) is 178 Å². The van der Waals surface area contributed by atoms with Crippen LogP contribution in [-0.2, 0) is 38.3 Å². The van der Waals surface area contributed by atoms with Gasteiger partial charge in [-0.05, 0) is 12.8 Å². The largest absolute Gasteiger partial charge is 0.457 e. The first-order valence-electron chi connectivity index (χ1n) is 16.8. The van der Waals surface area contributed by atoms with E-state index in [1.807, 2.05) is 6.92 Å². The molecule has 0 aliphatic carbocycles. The Kier molecular flexibility index (Phi) is 23.6. The van der Waals surface area contributed by atoms with E-state index >= 15 is 0 Å². The Labute approximate surface area is 265 Å². The molecular weight excluding hydrogens is 596 g/mol. The Morgan fingerprint density at radius 2 is 1.30 bits per heavy atom. The third-order valence-electron chi connectivity index (χ3n) is 7.73. The first kappa shape index (κ1) is 41.1. The highest BCUT2D eigenvalue weighted by atomic mass is 32.3. The van der Waals surface area contributed by atoms with Crippen molar-refractivity contribution in [1.82, 2.24) is 0 Å². The van der Waals surface area contributed by atoms with Crippen molar-refractivity contribution in [2.24, 2.45) is 0 Å². The van der Waals surface area contributed by atoms with E-state index in [2.05, 4.69) is 11.1 Å². The van der Waals surface area contributed by atoms with E-state index in [-0.39, 0.29) is 19.6 Å². The second-order valence-electron chi connectivity index (χ2n) is 11.8. The summed E-state index contributed by atoms with van der Waals surface area (Å²) in [6.07, 6.45) is 11.1. The van der Waals surface area contributed by atoms with E-state index in [1.54, 1.807) is 0 Å². The minimum absolute atomic E-state index is 0.0395. The van der Waals surface area contributed by atoms with E-state index in [0.717, 1.165) is 32.1 Å². The SMILES string of the molecule is CCCCCCCCCCCCCCCCOCC(COC1OC(CO)C(O)C(OS(=O)(=O)O)C1O)OC(=O)CCCCC. The van der Waals surface area contributed by atoms with E-state index in [1.165, 1.54) is 70.6 Å². The van der Waals surface area contributed by atoms with Crippen LogP contribution in [0, 0.1) is 0 Å². The molecule has 0 saturated carbocycles. The number of aliphatic hydroxyl groups is 3. The molecule has 0 aromatic heterocycles. The summed E-state index contributed by atoms with van der Waals surface area (Å²) in [7, 11) is -5.04.